The first-order valence-corrected chi connectivity index (χ1v) is 13.2. The van der Waals surface area contributed by atoms with Gasteiger partial charge in [-0.15, -0.1) is 11.3 Å². The number of ether oxygens (including phenoxy) is 1. The van der Waals surface area contributed by atoms with Crippen LogP contribution in [-0.2, 0) is 27.6 Å². The van der Waals surface area contributed by atoms with Gasteiger partial charge in [0.2, 0.25) is 10.0 Å². The van der Waals surface area contributed by atoms with Gasteiger partial charge in [-0.05, 0) is 55.5 Å². The average molecular weight is 484 g/mol. The van der Waals surface area contributed by atoms with Crippen molar-refractivity contribution >= 4 is 32.4 Å². The van der Waals surface area contributed by atoms with Crippen LogP contribution in [0.3, 0.4) is 0 Å². The SMILES string of the molecule is CN(CC1CCCO1)S(=O)(=O)c1ccc(C(=O)Nc2nc3c(s2)CCc2ccccc2-3)cc1. The fraction of sp³-hybridized carbons (Fsp3) is 0.333. The van der Waals surface area contributed by atoms with Gasteiger partial charge in [0.05, 0.1) is 16.7 Å². The number of anilines is 1. The van der Waals surface area contributed by atoms with Crippen LogP contribution in [0.2, 0.25) is 0 Å². The number of carbonyl (C=O) groups excluding carboxylic acids is 1. The Balaban J connectivity index is 1.28. The van der Waals surface area contributed by atoms with Gasteiger partial charge in [0.25, 0.3) is 5.91 Å². The summed E-state index contributed by atoms with van der Waals surface area (Å²) in [6.07, 6.45) is 3.63. The number of hydrogen-bond donors (Lipinski definition) is 1. The maximum absolute atomic E-state index is 12.9. The Morgan fingerprint density at radius 2 is 1.97 bits per heavy atom. The second kappa shape index (κ2) is 8.98. The van der Waals surface area contributed by atoms with Crippen LogP contribution in [0.1, 0.15) is 33.6 Å². The first kappa shape index (κ1) is 22.2. The van der Waals surface area contributed by atoms with E-state index in [4.69, 9.17) is 4.74 Å². The highest BCUT2D eigenvalue weighted by molar-refractivity contribution is 7.89. The summed E-state index contributed by atoms with van der Waals surface area (Å²) < 4.78 is 32.6. The molecule has 0 radical (unpaired) electrons. The lowest BCUT2D eigenvalue weighted by Gasteiger charge is -2.20. The molecule has 2 aliphatic rings. The molecule has 1 fully saturated rings. The molecule has 2 heterocycles. The van der Waals surface area contributed by atoms with Gasteiger partial charge in [-0.3, -0.25) is 10.1 Å². The molecule has 7 nitrogen and oxygen atoms in total. The van der Waals surface area contributed by atoms with Crippen molar-refractivity contribution in [3.8, 4) is 11.3 Å². The molecule has 9 heteroatoms. The van der Waals surface area contributed by atoms with Gasteiger partial charge in [-0.1, -0.05) is 24.3 Å². The van der Waals surface area contributed by atoms with Crippen molar-refractivity contribution in [1.82, 2.24) is 9.29 Å². The van der Waals surface area contributed by atoms with E-state index in [2.05, 4.69) is 22.4 Å². The number of aryl methyl sites for hydroxylation is 2. The Morgan fingerprint density at radius 1 is 1.18 bits per heavy atom. The van der Waals surface area contributed by atoms with Gasteiger partial charge < -0.3 is 4.74 Å². The second-order valence-corrected chi connectivity index (χ2v) is 11.5. The van der Waals surface area contributed by atoms with Crippen molar-refractivity contribution < 1.29 is 17.9 Å². The van der Waals surface area contributed by atoms with Crippen molar-refractivity contribution in [2.45, 2.75) is 36.7 Å². The van der Waals surface area contributed by atoms with Gasteiger partial charge in [-0.2, -0.15) is 4.31 Å². The molecular formula is C24H25N3O4S2. The molecule has 1 N–H and O–H groups in total. The number of rotatable bonds is 6. The highest BCUT2D eigenvalue weighted by atomic mass is 32.2. The average Bonchev–Trinajstić information content (AvgIpc) is 3.48. The molecule has 1 aromatic heterocycles. The largest absolute Gasteiger partial charge is 0.377 e. The number of hydrogen-bond acceptors (Lipinski definition) is 6. The smallest absolute Gasteiger partial charge is 0.257 e. The molecule has 1 unspecified atom stereocenters. The fourth-order valence-corrected chi connectivity index (χ4v) is 6.48. The van der Waals surface area contributed by atoms with Gasteiger partial charge in [-0.25, -0.2) is 13.4 Å². The lowest BCUT2D eigenvalue weighted by Crippen LogP contribution is -2.34. The lowest BCUT2D eigenvalue weighted by molar-refractivity contribution is 0.0979. The molecule has 0 bridgehead atoms. The van der Waals surface area contributed by atoms with E-state index in [1.54, 1.807) is 7.05 Å². The number of carbonyl (C=O) groups is 1. The minimum atomic E-state index is -3.65. The highest BCUT2D eigenvalue weighted by Crippen LogP contribution is 2.38. The minimum Gasteiger partial charge on any atom is -0.377 e. The first-order valence-electron chi connectivity index (χ1n) is 11.0. The van der Waals surface area contributed by atoms with Crippen LogP contribution in [-0.4, -0.2) is 49.9 Å². The molecule has 1 atom stereocenters. The zero-order valence-corrected chi connectivity index (χ0v) is 19.9. The summed E-state index contributed by atoms with van der Waals surface area (Å²) in [5, 5.41) is 3.42. The second-order valence-electron chi connectivity index (χ2n) is 8.35. The summed E-state index contributed by atoms with van der Waals surface area (Å²) in [7, 11) is -2.09. The summed E-state index contributed by atoms with van der Waals surface area (Å²) in [6.45, 7) is 0.999. The molecule has 33 heavy (non-hydrogen) atoms. The zero-order chi connectivity index (χ0) is 23.0. The Morgan fingerprint density at radius 3 is 2.73 bits per heavy atom. The van der Waals surface area contributed by atoms with E-state index in [0.29, 0.717) is 23.8 Å². The molecule has 2 aromatic carbocycles. The summed E-state index contributed by atoms with van der Waals surface area (Å²) in [4.78, 5) is 18.8. The predicted molar refractivity (Wildman–Crippen MR) is 128 cm³/mol. The van der Waals surface area contributed by atoms with Gasteiger partial charge in [0, 0.05) is 36.2 Å². The quantitative estimate of drug-likeness (QED) is 0.573. The summed E-state index contributed by atoms with van der Waals surface area (Å²) in [5.74, 6) is -0.314. The van der Waals surface area contributed by atoms with E-state index in [1.807, 2.05) is 12.1 Å². The van der Waals surface area contributed by atoms with E-state index >= 15 is 0 Å². The number of aromatic nitrogens is 1. The standard InChI is InChI=1S/C24H25N3O4S2/c1-27(15-18-6-4-14-31-18)33(29,30)19-11-8-17(9-12-19)23(28)26-24-25-22-20-7-3-2-5-16(20)10-13-21(22)32-24/h2-3,5,7-9,11-12,18H,4,6,10,13-15H2,1H3,(H,25,26,28). The number of sulfonamides is 1. The number of fused-ring (bicyclic) bond motifs is 3. The summed E-state index contributed by atoms with van der Waals surface area (Å²) in [5.41, 5.74) is 3.71. The van der Waals surface area contributed by atoms with Crippen LogP contribution in [0, 0.1) is 0 Å². The van der Waals surface area contributed by atoms with E-state index in [1.165, 1.54) is 50.3 Å². The predicted octanol–water partition coefficient (Wildman–Crippen LogP) is 3.96. The van der Waals surface area contributed by atoms with Crippen LogP contribution in [0.15, 0.2) is 53.4 Å². The molecule has 0 spiro atoms. The third kappa shape index (κ3) is 4.46. The lowest BCUT2D eigenvalue weighted by atomic mass is 9.94. The van der Waals surface area contributed by atoms with Crippen molar-refractivity contribution in [3.05, 3.63) is 64.5 Å². The molecule has 1 amide bonds. The molecule has 172 valence electrons. The Hall–Kier alpha value is -2.59. The topological polar surface area (TPSA) is 88.6 Å². The first-order chi connectivity index (χ1) is 15.9. The number of benzene rings is 2. The van der Waals surface area contributed by atoms with Crippen LogP contribution in [0.4, 0.5) is 5.13 Å². The van der Waals surface area contributed by atoms with Crippen LogP contribution in [0.5, 0.6) is 0 Å². The highest BCUT2D eigenvalue weighted by Gasteiger charge is 2.26. The van der Waals surface area contributed by atoms with Crippen molar-refractivity contribution in [2.75, 3.05) is 25.5 Å². The van der Waals surface area contributed by atoms with E-state index < -0.39 is 10.0 Å². The summed E-state index contributed by atoms with van der Waals surface area (Å²) in [6, 6.07) is 14.2. The Kier molecular flexibility index (Phi) is 6.05. The van der Waals surface area contributed by atoms with Gasteiger partial charge in [0.1, 0.15) is 0 Å². The Labute approximate surface area is 197 Å². The normalized spacial score (nSPS) is 17.6. The number of amides is 1. The number of thiazole rings is 1. The Bertz CT molecular complexity index is 1280. The monoisotopic (exact) mass is 483 g/mol. The molecular weight excluding hydrogens is 458 g/mol. The van der Waals surface area contributed by atoms with Crippen LogP contribution < -0.4 is 5.32 Å². The van der Waals surface area contributed by atoms with Crippen LogP contribution in [0.25, 0.3) is 11.3 Å². The fourth-order valence-electron chi connectivity index (χ4n) is 4.30. The van der Waals surface area contributed by atoms with Crippen LogP contribution >= 0.6 is 11.3 Å². The number of nitrogens with zero attached hydrogens (tertiary/aromatic N) is 2. The van der Waals surface area contributed by atoms with Crippen molar-refractivity contribution in [3.63, 3.8) is 0 Å². The van der Waals surface area contributed by atoms with E-state index in [9.17, 15) is 13.2 Å². The van der Waals surface area contributed by atoms with Gasteiger partial charge >= 0.3 is 0 Å². The van der Waals surface area contributed by atoms with Crippen molar-refractivity contribution in [1.29, 1.82) is 0 Å². The molecule has 1 aliphatic heterocycles. The zero-order valence-electron chi connectivity index (χ0n) is 18.3. The van der Waals surface area contributed by atoms with Gasteiger partial charge in [0.15, 0.2) is 5.13 Å². The number of nitrogens with one attached hydrogen (secondary N) is 1. The number of likely N-dealkylation sites (N-methyl/N-ethyl adjacent to an activating group) is 1. The molecule has 5 rings (SSSR count). The summed E-state index contributed by atoms with van der Waals surface area (Å²) >= 11 is 1.49. The molecule has 1 saturated heterocycles. The molecule has 0 saturated carbocycles. The third-order valence-corrected chi connectivity index (χ3v) is 8.99. The maximum Gasteiger partial charge on any atom is 0.257 e. The third-order valence-electron chi connectivity index (χ3n) is 6.12. The maximum atomic E-state index is 12.9. The van der Waals surface area contributed by atoms with E-state index in [0.717, 1.165) is 36.9 Å². The van der Waals surface area contributed by atoms with E-state index in [-0.39, 0.29) is 16.9 Å². The molecule has 1 aliphatic carbocycles. The van der Waals surface area contributed by atoms with Crippen molar-refractivity contribution in [2.24, 2.45) is 0 Å². The minimum absolute atomic E-state index is 0.0640. The molecule has 3 aromatic rings.